The fourth-order valence-corrected chi connectivity index (χ4v) is 3.93. The number of carbonyl (C=O) groups excluding carboxylic acids is 2. The summed E-state index contributed by atoms with van der Waals surface area (Å²) in [6.07, 6.45) is -1.69. The lowest BCUT2D eigenvalue weighted by Gasteiger charge is -2.40. The van der Waals surface area contributed by atoms with Gasteiger partial charge in [-0.15, -0.1) is 5.10 Å². The Hall–Kier alpha value is -3.70. The van der Waals surface area contributed by atoms with Gasteiger partial charge in [-0.2, -0.15) is 0 Å². The molecular formula is C21H26N4O8. The van der Waals surface area contributed by atoms with Gasteiger partial charge in [-0.05, 0) is 45.7 Å². The van der Waals surface area contributed by atoms with Gasteiger partial charge in [0.2, 0.25) is 11.9 Å². The number of primary amides is 1. The molecule has 2 aliphatic heterocycles. The predicted molar refractivity (Wildman–Crippen MR) is 112 cm³/mol. The van der Waals surface area contributed by atoms with Crippen molar-refractivity contribution in [1.29, 1.82) is 0 Å². The molecule has 2 amide bonds. The number of amides is 2. The van der Waals surface area contributed by atoms with Crippen LogP contribution in [-0.2, 0) is 4.74 Å². The molecule has 0 aliphatic carbocycles. The summed E-state index contributed by atoms with van der Waals surface area (Å²) in [7, 11) is 0. The molecule has 1 aromatic heterocycles. The monoisotopic (exact) mass is 462 g/mol. The Kier molecular flexibility index (Phi) is 5.91. The van der Waals surface area contributed by atoms with Crippen molar-refractivity contribution in [2.75, 3.05) is 13.1 Å². The number of carbonyl (C=O) groups is 2. The number of rotatable bonds is 3. The number of ether oxygens (including phenoxy) is 4. The minimum atomic E-state index is -0.991. The lowest BCUT2D eigenvalue weighted by atomic mass is 9.87. The van der Waals surface area contributed by atoms with E-state index >= 15 is 0 Å². The van der Waals surface area contributed by atoms with Crippen molar-refractivity contribution in [1.82, 2.24) is 15.1 Å². The molecule has 12 heteroatoms. The normalized spacial score (nSPS) is 20.9. The fourth-order valence-electron chi connectivity index (χ4n) is 3.93. The molecule has 2 aromatic rings. The van der Waals surface area contributed by atoms with Crippen molar-refractivity contribution in [3.8, 4) is 17.2 Å². The second-order valence-corrected chi connectivity index (χ2v) is 8.88. The molecule has 2 atom stereocenters. The lowest BCUT2D eigenvalue weighted by Crippen LogP contribution is -2.47. The Balaban J connectivity index is 1.57. The maximum absolute atomic E-state index is 12.4. The maximum Gasteiger partial charge on any atom is 0.434 e. The van der Waals surface area contributed by atoms with E-state index in [4.69, 9.17) is 29.1 Å². The van der Waals surface area contributed by atoms with E-state index in [0.717, 1.165) is 0 Å². The number of aromatic nitrogens is 2. The molecule has 4 rings (SSSR count). The van der Waals surface area contributed by atoms with Crippen LogP contribution in [0, 0.1) is 5.92 Å². The molecule has 0 bridgehead atoms. The fraction of sp³-hybridized carbons (Fsp3) is 0.524. The third-order valence-corrected chi connectivity index (χ3v) is 5.31. The van der Waals surface area contributed by atoms with Gasteiger partial charge in [-0.1, -0.05) is 6.07 Å². The first-order valence-corrected chi connectivity index (χ1v) is 10.6. The van der Waals surface area contributed by atoms with Crippen LogP contribution in [0.4, 0.5) is 9.59 Å². The van der Waals surface area contributed by atoms with Gasteiger partial charge in [0.1, 0.15) is 11.7 Å². The molecule has 0 saturated carbocycles. The number of benzene rings is 1. The first kappa shape index (κ1) is 22.5. The van der Waals surface area contributed by atoms with Gasteiger partial charge in [-0.3, -0.25) is 0 Å². The molecule has 12 nitrogen and oxygen atoms in total. The molecule has 2 unspecified atom stereocenters. The SMILES string of the molecule is CC(C)(C)OC(=O)N1CCC(C2Oc3c(OC(N)=O)cccc3OC2c2n[nH]c(=O)o2)CC1. The van der Waals surface area contributed by atoms with Crippen LogP contribution >= 0.6 is 0 Å². The number of para-hydroxylation sites is 1. The molecule has 1 saturated heterocycles. The van der Waals surface area contributed by atoms with Crippen molar-refractivity contribution < 1.29 is 33.0 Å². The Labute approximate surface area is 188 Å². The van der Waals surface area contributed by atoms with Gasteiger partial charge >= 0.3 is 17.9 Å². The van der Waals surface area contributed by atoms with E-state index in [1.165, 1.54) is 6.07 Å². The van der Waals surface area contributed by atoms with Gasteiger partial charge < -0.3 is 34.0 Å². The molecule has 0 radical (unpaired) electrons. The van der Waals surface area contributed by atoms with E-state index in [-0.39, 0.29) is 35.2 Å². The smallest absolute Gasteiger partial charge is 0.434 e. The van der Waals surface area contributed by atoms with E-state index in [1.807, 2.05) is 20.8 Å². The minimum absolute atomic E-state index is 0.0337. The molecular weight excluding hydrogens is 436 g/mol. The number of piperidine rings is 1. The number of nitrogens with two attached hydrogens (primary N) is 1. The number of hydrogen-bond donors (Lipinski definition) is 2. The summed E-state index contributed by atoms with van der Waals surface area (Å²) >= 11 is 0. The molecule has 1 fully saturated rings. The highest BCUT2D eigenvalue weighted by atomic mass is 16.6. The van der Waals surface area contributed by atoms with E-state index < -0.39 is 29.7 Å². The average molecular weight is 462 g/mol. The van der Waals surface area contributed by atoms with Gasteiger partial charge in [0.05, 0.1) is 0 Å². The number of fused-ring (bicyclic) bond motifs is 1. The Morgan fingerprint density at radius 3 is 2.55 bits per heavy atom. The van der Waals surface area contributed by atoms with Crippen LogP contribution in [0.5, 0.6) is 17.2 Å². The van der Waals surface area contributed by atoms with Gasteiger partial charge in [0.15, 0.2) is 11.5 Å². The van der Waals surface area contributed by atoms with Crippen molar-refractivity contribution in [2.45, 2.75) is 51.4 Å². The quantitative estimate of drug-likeness (QED) is 0.698. The Morgan fingerprint density at radius 1 is 1.21 bits per heavy atom. The number of likely N-dealkylation sites (tertiary alicyclic amines) is 1. The molecule has 0 spiro atoms. The number of nitrogens with one attached hydrogen (secondary N) is 1. The summed E-state index contributed by atoms with van der Waals surface area (Å²) in [5, 5.41) is 6.14. The largest absolute Gasteiger partial charge is 0.478 e. The van der Waals surface area contributed by atoms with Gasteiger partial charge in [0.25, 0.3) is 5.89 Å². The first-order chi connectivity index (χ1) is 15.6. The molecule has 1 aromatic carbocycles. The van der Waals surface area contributed by atoms with Gasteiger partial charge in [0, 0.05) is 19.0 Å². The standard InChI is InChI=1S/C21H26N4O8/c1-21(2,3)33-20(28)25-9-7-11(8-10-25)14-16(17-23-24-19(27)32-17)29-12-5-4-6-13(15(12)31-14)30-18(22)26/h4-6,11,14,16H,7-10H2,1-3H3,(H2,22,26)(H,24,27). The summed E-state index contributed by atoms with van der Waals surface area (Å²) in [6, 6.07) is 4.77. The van der Waals surface area contributed by atoms with Crippen LogP contribution in [0.3, 0.4) is 0 Å². The maximum atomic E-state index is 12.4. The predicted octanol–water partition coefficient (Wildman–Crippen LogP) is 2.35. The highest BCUT2D eigenvalue weighted by Gasteiger charge is 2.44. The van der Waals surface area contributed by atoms with Crippen LogP contribution in [0.1, 0.15) is 45.6 Å². The minimum Gasteiger partial charge on any atom is -0.478 e. The summed E-state index contributed by atoms with van der Waals surface area (Å²) in [5.41, 5.74) is 4.59. The second kappa shape index (κ2) is 8.68. The zero-order chi connectivity index (χ0) is 23.8. The molecule has 3 heterocycles. The molecule has 3 N–H and O–H groups in total. The highest BCUT2D eigenvalue weighted by Crippen LogP contribution is 2.47. The Morgan fingerprint density at radius 2 is 1.94 bits per heavy atom. The third kappa shape index (κ3) is 5.04. The number of hydrogen-bond acceptors (Lipinski definition) is 9. The van der Waals surface area contributed by atoms with Crippen molar-refractivity contribution in [2.24, 2.45) is 11.7 Å². The second-order valence-electron chi connectivity index (χ2n) is 8.88. The zero-order valence-corrected chi connectivity index (χ0v) is 18.5. The van der Waals surface area contributed by atoms with E-state index in [9.17, 15) is 14.4 Å². The van der Waals surface area contributed by atoms with Crippen molar-refractivity contribution in [3.05, 3.63) is 34.6 Å². The zero-order valence-electron chi connectivity index (χ0n) is 18.5. The van der Waals surface area contributed by atoms with Crippen molar-refractivity contribution in [3.63, 3.8) is 0 Å². The molecule has 33 heavy (non-hydrogen) atoms. The summed E-state index contributed by atoms with van der Waals surface area (Å²) in [5.74, 6) is -0.171. The summed E-state index contributed by atoms with van der Waals surface area (Å²) in [6.45, 7) is 6.34. The van der Waals surface area contributed by atoms with Crippen LogP contribution in [0.15, 0.2) is 27.4 Å². The van der Waals surface area contributed by atoms with Crippen LogP contribution in [0.2, 0.25) is 0 Å². The van der Waals surface area contributed by atoms with E-state index in [1.54, 1.807) is 17.0 Å². The number of aromatic amines is 1. The van der Waals surface area contributed by atoms with Crippen molar-refractivity contribution >= 4 is 12.2 Å². The van der Waals surface area contributed by atoms with Gasteiger partial charge in [-0.25, -0.2) is 19.5 Å². The topological polar surface area (TPSA) is 159 Å². The van der Waals surface area contributed by atoms with E-state index in [2.05, 4.69) is 10.2 Å². The van der Waals surface area contributed by atoms with Crippen LogP contribution in [-0.4, -0.2) is 52.1 Å². The summed E-state index contributed by atoms with van der Waals surface area (Å²) in [4.78, 5) is 36.9. The summed E-state index contributed by atoms with van der Waals surface area (Å²) < 4.78 is 28.0. The average Bonchev–Trinajstić information content (AvgIpc) is 3.18. The van der Waals surface area contributed by atoms with Crippen LogP contribution < -0.4 is 25.7 Å². The Bertz CT molecular complexity index is 1080. The third-order valence-electron chi connectivity index (χ3n) is 5.31. The number of nitrogens with zero attached hydrogens (tertiary/aromatic N) is 2. The number of H-pyrrole nitrogens is 1. The van der Waals surface area contributed by atoms with E-state index in [0.29, 0.717) is 25.9 Å². The molecule has 178 valence electrons. The molecule has 2 aliphatic rings. The van der Waals surface area contributed by atoms with Crippen LogP contribution in [0.25, 0.3) is 0 Å². The highest BCUT2D eigenvalue weighted by molar-refractivity contribution is 5.70. The first-order valence-electron chi connectivity index (χ1n) is 10.6. The lowest BCUT2D eigenvalue weighted by molar-refractivity contribution is -0.0466.